The van der Waals surface area contributed by atoms with Crippen LogP contribution in [0.25, 0.3) is 0 Å². The number of nitrogens with zero attached hydrogens (tertiary/aromatic N) is 1. The number of hydrogen-bond donors (Lipinski definition) is 0. The molecule has 1 aliphatic heterocycles. The van der Waals surface area contributed by atoms with Crippen molar-refractivity contribution in [2.24, 2.45) is 0 Å². The molecule has 1 saturated heterocycles. The summed E-state index contributed by atoms with van der Waals surface area (Å²) in [6, 6.07) is 31.7. The fourth-order valence-corrected chi connectivity index (χ4v) is 6.37. The zero-order valence-electron chi connectivity index (χ0n) is 14.7. The van der Waals surface area contributed by atoms with Crippen LogP contribution in [-0.4, -0.2) is 18.5 Å². The lowest BCUT2D eigenvalue weighted by Gasteiger charge is -2.27. The van der Waals surface area contributed by atoms with Crippen molar-refractivity contribution in [1.29, 1.82) is 0 Å². The molecule has 4 rings (SSSR count). The van der Waals surface area contributed by atoms with E-state index in [0.29, 0.717) is 6.04 Å². The van der Waals surface area contributed by atoms with E-state index in [1.165, 1.54) is 40.9 Å². The van der Waals surface area contributed by atoms with E-state index in [4.69, 9.17) is 0 Å². The van der Waals surface area contributed by atoms with Crippen molar-refractivity contribution in [1.82, 2.24) is 4.90 Å². The van der Waals surface area contributed by atoms with Crippen molar-refractivity contribution in [2.45, 2.75) is 18.9 Å². The number of likely N-dealkylation sites (tertiary alicyclic amines) is 1. The molecule has 0 aromatic heterocycles. The molecule has 3 aromatic carbocycles. The Bertz CT molecular complexity index is 776. The number of rotatable bonds is 4. The first kappa shape index (κ1) is 16.5. The van der Waals surface area contributed by atoms with E-state index in [0.717, 1.165) is 0 Å². The average Bonchev–Trinajstić information content (AvgIpc) is 3.10. The Balaban J connectivity index is 1.86. The van der Waals surface area contributed by atoms with Gasteiger partial charge in [-0.05, 0) is 55.8 Å². The van der Waals surface area contributed by atoms with E-state index in [1.807, 2.05) is 0 Å². The van der Waals surface area contributed by atoms with Gasteiger partial charge in [-0.15, -0.1) is 0 Å². The van der Waals surface area contributed by atoms with Gasteiger partial charge in [0, 0.05) is 6.04 Å². The van der Waals surface area contributed by atoms with Crippen LogP contribution in [-0.2, 0) is 0 Å². The Morgan fingerprint density at radius 3 is 1.88 bits per heavy atom. The van der Waals surface area contributed by atoms with E-state index in [9.17, 15) is 0 Å². The van der Waals surface area contributed by atoms with Gasteiger partial charge in [-0.25, -0.2) is 0 Å². The first-order valence-corrected chi connectivity index (χ1v) is 10.4. The van der Waals surface area contributed by atoms with E-state index in [1.54, 1.807) is 0 Å². The topological polar surface area (TPSA) is 3.24 Å². The molecule has 126 valence electrons. The van der Waals surface area contributed by atoms with Crippen LogP contribution in [0.4, 0.5) is 0 Å². The molecule has 1 atom stereocenters. The summed E-state index contributed by atoms with van der Waals surface area (Å²) in [5.41, 5.74) is 1.52. The van der Waals surface area contributed by atoms with Crippen LogP contribution in [0.15, 0.2) is 84.9 Å². The molecule has 0 spiro atoms. The summed E-state index contributed by atoms with van der Waals surface area (Å²) in [5.74, 6) is 0. The molecule has 0 amide bonds. The fourth-order valence-electron chi connectivity index (χ4n) is 3.86. The van der Waals surface area contributed by atoms with E-state index in [2.05, 4.69) is 96.9 Å². The van der Waals surface area contributed by atoms with Gasteiger partial charge in [0.05, 0.1) is 0 Å². The van der Waals surface area contributed by atoms with Crippen LogP contribution in [0.2, 0.25) is 0 Å². The standard InChI is InChI=1S/C23H24NP/c1-24-18-10-16-22(24)21-15-8-9-17-23(21)25(19-11-4-2-5-12-19)20-13-6-3-7-14-20/h2-9,11-15,17,22H,10,16,18H2,1H3/t22-/m1/s1. The largest absolute Gasteiger partial charge is 0.299 e. The van der Waals surface area contributed by atoms with Crippen molar-refractivity contribution in [3.63, 3.8) is 0 Å². The summed E-state index contributed by atoms with van der Waals surface area (Å²) in [5, 5.41) is 4.36. The van der Waals surface area contributed by atoms with Gasteiger partial charge in [-0.3, -0.25) is 4.90 Å². The molecule has 0 N–H and O–H groups in total. The van der Waals surface area contributed by atoms with Crippen LogP contribution in [0.5, 0.6) is 0 Å². The first-order chi connectivity index (χ1) is 12.3. The van der Waals surface area contributed by atoms with Gasteiger partial charge < -0.3 is 0 Å². The predicted molar refractivity (Wildman–Crippen MR) is 110 cm³/mol. The zero-order valence-corrected chi connectivity index (χ0v) is 15.6. The molecule has 0 saturated carbocycles. The van der Waals surface area contributed by atoms with Gasteiger partial charge in [-0.1, -0.05) is 84.9 Å². The third-order valence-electron chi connectivity index (χ3n) is 5.09. The number of hydrogen-bond acceptors (Lipinski definition) is 1. The molecule has 0 bridgehead atoms. The molecular formula is C23H24NP. The normalized spacial score (nSPS) is 17.9. The maximum atomic E-state index is 2.52. The van der Waals surface area contributed by atoms with Crippen molar-refractivity contribution >= 4 is 23.8 Å². The molecule has 0 unspecified atom stereocenters. The first-order valence-electron chi connectivity index (χ1n) is 9.04. The lowest BCUT2D eigenvalue weighted by molar-refractivity contribution is 0.318. The van der Waals surface area contributed by atoms with Crippen LogP contribution < -0.4 is 15.9 Å². The smallest absolute Gasteiger partial charge is 0.0352 e. The maximum Gasteiger partial charge on any atom is 0.0352 e. The third-order valence-corrected chi connectivity index (χ3v) is 7.60. The third kappa shape index (κ3) is 3.40. The van der Waals surface area contributed by atoms with E-state index < -0.39 is 7.92 Å². The summed E-state index contributed by atoms with van der Waals surface area (Å²) in [6.45, 7) is 1.20. The highest BCUT2D eigenvalue weighted by Gasteiger charge is 2.28. The molecule has 25 heavy (non-hydrogen) atoms. The highest BCUT2D eigenvalue weighted by Crippen LogP contribution is 2.38. The summed E-state index contributed by atoms with van der Waals surface area (Å²) in [7, 11) is 1.74. The summed E-state index contributed by atoms with van der Waals surface area (Å²) in [6.07, 6.45) is 2.56. The van der Waals surface area contributed by atoms with E-state index >= 15 is 0 Å². The fraction of sp³-hybridized carbons (Fsp3) is 0.217. The molecule has 2 heteroatoms. The van der Waals surface area contributed by atoms with Gasteiger partial charge in [0.25, 0.3) is 0 Å². The zero-order chi connectivity index (χ0) is 17.1. The minimum Gasteiger partial charge on any atom is -0.299 e. The second-order valence-electron chi connectivity index (χ2n) is 6.70. The quantitative estimate of drug-likeness (QED) is 0.640. The Kier molecular flexibility index (Phi) is 4.97. The van der Waals surface area contributed by atoms with Crippen molar-refractivity contribution < 1.29 is 0 Å². The monoisotopic (exact) mass is 345 g/mol. The Morgan fingerprint density at radius 2 is 1.32 bits per heavy atom. The molecule has 1 heterocycles. The molecule has 0 radical (unpaired) electrons. The van der Waals surface area contributed by atoms with Crippen LogP contribution >= 0.6 is 7.92 Å². The van der Waals surface area contributed by atoms with Gasteiger partial charge in [0.15, 0.2) is 0 Å². The van der Waals surface area contributed by atoms with Crippen LogP contribution in [0.3, 0.4) is 0 Å². The molecule has 3 aromatic rings. The molecular weight excluding hydrogens is 321 g/mol. The Labute approximate surface area is 152 Å². The summed E-state index contributed by atoms with van der Waals surface area (Å²) >= 11 is 0. The summed E-state index contributed by atoms with van der Waals surface area (Å²) < 4.78 is 0. The Morgan fingerprint density at radius 1 is 0.760 bits per heavy atom. The molecule has 0 aliphatic carbocycles. The van der Waals surface area contributed by atoms with Crippen molar-refractivity contribution in [2.75, 3.05) is 13.6 Å². The summed E-state index contributed by atoms with van der Waals surface area (Å²) in [4.78, 5) is 2.52. The Hall–Kier alpha value is -1.95. The second kappa shape index (κ2) is 7.52. The average molecular weight is 345 g/mol. The van der Waals surface area contributed by atoms with Gasteiger partial charge >= 0.3 is 0 Å². The lowest BCUT2D eigenvalue weighted by atomic mass is 10.0. The van der Waals surface area contributed by atoms with Gasteiger partial charge in [0.1, 0.15) is 0 Å². The van der Waals surface area contributed by atoms with Crippen molar-refractivity contribution in [3.8, 4) is 0 Å². The minimum absolute atomic E-state index is 0.529. The van der Waals surface area contributed by atoms with Crippen molar-refractivity contribution in [3.05, 3.63) is 90.5 Å². The molecule has 1 fully saturated rings. The highest BCUT2D eigenvalue weighted by molar-refractivity contribution is 7.79. The highest BCUT2D eigenvalue weighted by atomic mass is 31.1. The van der Waals surface area contributed by atoms with Gasteiger partial charge in [-0.2, -0.15) is 0 Å². The predicted octanol–water partition coefficient (Wildman–Crippen LogP) is 4.21. The SMILES string of the molecule is CN1CCC[C@@H]1c1ccccc1P(c1ccccc1)c1ccccc1. The second-order valence-corrected chi connectivity index (χ2v) is 8.89. The van der Waals surface area contributed by atoms with Crippen LogP contribution in [0.1, 0.15) is 24.4 Å². The molecule has 1 aliphatic rings. The minimum atomic E-state index is -0.529. The van der Waals surface area contributed by atoms with Crippen LogP contribution in [0, 0.1) is 0 Å². The number of benzene rings is 3. The molecule has 1 nitrogen and oxygen atoms in total. The maximum absolute atomic E-state index is 2.52. The van der Waals surface area contributed by atoms with E-state index in [-0.39, 0.29) is 0 Å². The lowest BCUT2D eigenvalue weighted by Crippen LogP contribution is -2.27. The van der Waals surface area contributed by atoms with Gasteiger partial charge in [0.2, 0.25) is 0 Å².